The van der Waals surface area contributed by atoms with Crippen LogP contribution in [-0.2, 0) is 15.0 Å². The minimum Gasteiger partial charge on any atom is -0.323 e. The average molecular weight is 288 g/mol. The van der Waals surface area contributed by atoms with Crippen LogP contribution in [0.3, 0.4) is 0 Å². The Balaban J connectivity index is 1.66. The van der Waals surface area contributed by atoms with Gasteiger partial charge in [-0.2, -0.15) is 17.4 Å². The van der Waals surface area contributed by atoms with E-state index in [0.717, 1.165) is 12.8 Å². The summed E-state index contributed by atoms with van der Waals surface area (Å²) in [7, 11) is -3.46. The summed E-state index contributed by atoms with van der Waals surface area (Å²) in [6.07, 6.45) is 2.37. The van der Waals surface area contributed by atoms with Gasteiger partial charge in [-0.1, -0.05) is 0 Å². The van der Waals surface area contributed by atoms with Crippen LogP contribution < -0.4 is 15.4 Å². The second-order valence-corrected chi connectivity index (χ2v) is 6.99. The molecule has 0 aromatic carbocycles. The Kier molecular flexibility index (Phi) is 2.80. The average Bonchev–Trinajstić information content (AvgIpc) is 3.07. The van der Waals surface area contributed by atoms with Gasteiger partial charge in [-0.05, 0) is 25.7 Å². The maximum Gasteiger partial charge on any atom is 0.322 e. The number of piperidine rings is 1. The number of hydrogen-bond acceptors (Lipinski definition) is 4. The SMILES string of the molecule is O=C1NC(=O)C2(CCN(S(=O)(=O)NC3CC3)CC2)N1. The second-order valence-electron chi connectivity index (χ2n) is 5.29. The summed E-state index contributed by atoms with van der Waals surface area (Å²) in [5.74, 6) is -0.357. The Hall–Kier alpha value is -1.19. The van der Waals surface area contributed by atoms with E-state index in [2.05, 4.69) is 15.4 Å². The third-order valence-electron chi connectivity index (χ3n) is 3.82. The van der Waals surface area contributed by atoms with Crippen molar-refractivity contribution >= 4 is 22.1 Å². The number of imide groups is 1. The van der Waals surface area contributed by atoms with Crippen molar-refractivity contribution in [3.8, 4) is 0 Å². The zero-order chi connectivity index (χ0) is 13.7. The van der Waals surface area contributed by atoms with E-state index >= 15 is 0 Å². The molecule has 3 fully saturated rings. The van der Waals surface area contributed by atoms with E-state index < -0.39 is 21.8 Å². The molecule has 106 valence electrons. The van der Waals surface area contributed by atoms with Crippen molar-refractivity contribution in [3.05, 3.63) is 0 Å². The first-order valence-corrected chi connectivity index (χ1v) is 7.76. The number of carbonyl (C=O) groups is 2. The summed E-state index contributed by atoms with van der Waals surface area (Å²) in [4.78, 5) is 22.9. The molecule has 2 aliphatic heterocycles. The number of carbonyl (C=O) groups excluding carboxylic acids is 2. The van der Waals surface area contributed by atoms with E-state index in [1.165, 1.54) is 4.31 Å². The molecule has 0 unspecified atom stereocenters. The van der Waals surface area contributed by atoms with Crippen LogP contribution in [0.2, 0.25) is 0 Å². The predicted octanol–water partition coefficient (Wildman–Crippen LogP) is -1.34. The zero-order valence-electron chi connectivity index (χ0n) is 10.3. The normalized spacial score (nSPS) is 27.4. The highest BCUT2D eigenvalue weighted by Gasteiger charge is 2.49. The molecule has 3 aliphatic rings. The predicted molar refractivity (Wildman–Crippen MR) is 65.3 cm³/mol. The van der Waals surface area contributed by atoms with Crippen LogP contribution in [0.5, 0.6) is 0 Å². The van der Waals surface area contributed by atoms with E-state index in [1.54, 1.807) is 0 Å². The number of rotatable bonds is 3. The van der Waals surface area contributed by atoms with Gasteiger partial charge in [-0.3, -0.25) is 10.1 Å². The highest BCUT2D eigenvalue weighted by Crippen LogP contribution is 2.27. The lowest BCUT2D eigenvalue weighted by molar-refractivity contribution is -0.125. The molecule has 0 aromatic rings. The monoisotopic (exact) mass is 288 g/mol. The lowest BCUT2D eigenvalue weighted by Gasteiger charge is -2.36. The molecule has 2 heterocycles. The lowest BCUT2D eigenvalue weighted by atomic mass is 9.89. The third kappa shape index (κ3) is 2.33. The van der Waals surface area contributed by atoms with Gasteiger partial charge >= 0.3 is 6.03 Å². The van der Waals surface area contributed by atoms with Crippen molar-refractivity contribution in [2.75, 3.05) is 13.1 Å². The molecule has 1 saturated carbocycles. The van der Waals surface area contributed by atoms with Gasteiger partial charge in [0.15, 0.2) is 0 Å². The Labute approximate surface area is 111 Å². The summed E-state index contributed by atoms with van der Waals surface area (Å²) in [5.41, 5.74) is -0.928. The number of amides is 3. The zero-order valence-corrected chi connectivity index (χ0v) is 11.1. The molecule has 2 saturated heterocycles. The maximum absolute atomic E-state index is 12.0. The van der Waals surface area contributed by atoms with E-state index in [9.17, 15) is 18.0 Å². The Morgan fingerprint density at radius 1 is 1.21 bits per heavy atom. The quantitative estimate of drug-likeness (QED) is 0.558. The van der Waals surface area contributed by atoms with Crippen molar-refractivity contribution in [3.63, 3.8) is 0 Å². The number of nitrogens with one attached hydrogen (secondary N) is 3. The number of urea groups is 1. The van der Waals surface area contributed by atoms with E-state index in [4.69, 9.17) is 0 Å². The molecule has 0 bridgehead atoms. The topological polar surface area (TPSA) is 108 Å². The first-order chi connectivity index (χ1) is 8.91. The van der Waals surface area contributed by atoms with Gasteiger partial charge in [0.1, 0.15) is 5.54 Å². The molecule has 3 N–H and O–H groups in total. The van der Waals surface area contributed by atoms with Crippen LogP contribution in [0.15, 0.2) is 0 Å². The minimum absolute atomic E-state index is 0.0652. The molecular weight excluding hydrogens is 272 g/mol. The molecule has 0 aromatic heterocycles. The highest BCUT2D eigenvalue weighted by atomic mass is 32.2. The van der Waals surface area contributed by atoms with Crippen molar-refractivity contribution in [1.82, 2.24) is 19.7 Å². The smallest absolute Gasteiger partial charge is 0.322 e. The van der Waals surface area contributed by atoms with Crippen molar-refractivity contribution in [1.29, 1.82) is 0 Å². The summed E-state index contributed by atoms with van der Waals surface area (Å²) in [5, 5.41) is 4.80. The number of hydrogen-bond donors (Lipinski definition) is 3. The second kappa shape index (κ2) is 4.15. The Morgan fingerprint density at radius 2 is 1.84 bits per heavy atom. The minimum atomic E-state index is -3.46. The fraction of sp³-hybridized carbons (Fsp3) is 0.800. The summed E-state index contributed by atoms with van der Waals surface area (Å²) in [6, 6.07) is -0.437. The first-order valence-electron chi connectivity index (χ1n) is 6.32. The van der Waals surface area contributed by atoms with Crippen LogP contribution in [0.25, 0.3) is 0 Å². The molecule has 8 nitrogen and oxygen atoms in total. The van der Waals surface area contributed by atoms with E-state index in [1.807, 2.05) is 0 Å². The molecular formula is C10H16N4O4S. The molecule has 0 radical (unpaired) electrons. The largest absolute Gasteiger partial charge is 0.323 e. The van der Waals surface area contributed by atoms with Crippen molar-refractivity contribution in [2.24, 2.45) is 0 Å². The third-order valence-corrected chi connectivity index (χ3v) is 5.50. The Bertz CT molecular complexity index is 520. The molecule has 9 heteroatoms. The molecule has 1 aliphatic carbocycles. The van der Waals surface area contributed by atoms with Gasteiger partial charge < -0.3 is 5.32 Å². The van der Waals surface area contributed by atoms with Crippen LogP contribution >= 0.6 is 0 Å². The highest BCUT2D eigenvalue weighted by molar-refractivity contribution is 7.87. The van der Waals surface area contributed by atoms with Gasteiger partial charge in [-0.25, -0.2) is 4.79 Å². The summed E-state index contributed by atoms with van der Waals surface area (Å²) < 4.78 is 28.0. The molecule has 19 heavy (non-hydrogen) atoms. The Morgan fingerprint density at radius 3 is 2.32 bits per heavy atom. The molecule has 1 spiro atoms. The van der Waals surface area contributed by atoms with Crippen LogP contribution in [0.4, 0.5) is 4.79 Å². The van der Waals surface area contributed by atoms with E-state index in [-0.39, 0.29) is 25.0 Å². The van der Waals surface area contributed by atoms with Gasteiger partial charge in [0.25, 0.3) is 16.1 Å². The molecule has 0 atom stereocenters. The van der Waals surface area contributed by atoms with Crippen LogP contribution in [0, 0.1) is 0 Å². The molecule has 3 amide bonds. The van der Waals surface area contributed by atoms with Gasteiger partial charge in [-0.15, -0.1) is 0 Å². The van der Waals surface area contributed by atoms with Crippen molar-refractivity contribution in [2.45, 2.75) is 37.3 Å². The maximum atomic E-state index is 12.0. The fourth-order valence-corrected chi connectivity index (χ4v) is 3.94. The fourth-order valence-electron chi connectivity index (χ4n) is 2.47. The molecule has 3 rings (SSSR count). The summed E-state index contributed by atoms with van der Waals surface area (Å²) >= 11 is 0. The lowest BCUT2D eigenvalue weighted by Crippen LogP contribution is -2.57. The van der Waals surface area contributed by atoms with Gasteiger partial charge in [0.2, 0.25) is 0 Å². The van der Waals surface area contributed by atoms with Gasteiger partial charge in [0, 0.05) is 19.1 Å². The van der Waals surface area contributed by atoms with Crippen molar-refractivity contribution < 1.29 is 18.0 Å². The van der Waals surface area contributed by atoms with E-state index in [0.29, 0.717) is 12.8 Å². The first kappa shape index (κ1) is 12.8. The van der Waals surface area contributed by atoms with Gasteiger partial charge in [0.05, 0.1) is 0 Å². The van der Waals surface area contributed by atoms with Crippen LogP contribution in [0.1, 0.15) is 25.7 Å². The number of nitrogens with zero attached hydrogens (tertiary/aromatic N) is 1. The summed E-state index contributed by atoms with van der Waals surface area (Å²) in [6.45, 7) is 0.464. The van der Waals surface area contributed by atoms with Crippen LogP contribution in [-0.4, -0.2) is 49.3 Å². The standard InChI is InChI=1S/C10H16N4O4S/c15-8-10(12-9(16)11-8)3-5-14(6-4-10)19(17,18)13-7-1-2-7/h7,13H,1-6H2,(H2,11,12,15,16).